The number of hydrogen-bond donors (Lipinski definition) is 1. The number of nitrogens with zero attached hydrogens (tertiary/aromatic N) is 2. The van der Waals surface area contributed by atoms with Gasteiger partial charge in [0.1, 0.15) is 18.1 Å². The van der Waals surface area contributed by atoms with E-state index in [1.165, 1.54) is 4.90 Å². The molecule has 1 aromatic heterocycles. The van der Waals surface area contributed by atoms with Crippen LogP contribution < -0.4 is 10.1 Å². The van der Waals surface area contributed by atoms with Crippen molar-refractivity contribution in [3.05, 3.63) is 54.3 Å². The maximum atomic E-state index is 12.3. The van der Waals surface area contributed by atoms with Gasteiger partial charge in [-0.25, -0.2) is 0 Å². The molecule has 2 rings (SSSR count). The maximum absolute atomic E-state index is 12.3. The molecule has 7 heteroatoms. The highest BCUT2D eigenvalue weighted by Crippen LogP contribution is 2.13. The van der Waals surface area contributed by atoms with Crippen LogP contribution in [0.1, 0.15) is 16.1 Å². The van der Waals surface area contributed by atoms with E-state index in [1.807, 2.05) is 0 Å². The van der Waals surface area contributed by atoms with Crippen LogP contribution in [0.15, 0.2) is 47.5 Å². The summed E-state index contributed by atoms with van der Waals surface area (Å²) in [5, 5.41) is 6.23. The van der Waals surface area contributed by atoms with Crippen LogP contribution in [0.2, 0.25) is 0 Å². The molecule has 7 nitrogen and oxygen atoms in total. The minimum absolute atomic E-state index is 0.0978. The van der Waals surface area contributed by atoms with E-state index in [-0.39, 0.29) is 18.4 Å². The second-order valence-electron chi connectivity index (χ2n) is 5.16. The Morgan fingerprint density at radius 3 is 2.67 bits per heavy atom. The lowest BCUT2D eigenvalue weighted by Gasteiger charge is -2.16. The SMILES string of the molecule is C=CCOc1ccc(C(=O)N(C)CC(=O)Nc2cc(C)on2)cc1. The van der Waals surface area contributed by atoms with E-state index in [0.29, 0.717) is 29.5 Å². The lowest BCUT2D eigenvalue weighted by atomic mass is 10.2. The Balaban J connectivity index is 1.91. The standard InChI is InChI=1S/C17H19N3O4/c1-4-9-23-14-7-5-13(6-8-14)17(22)20(3)11-16(21)18-15-10-12(2)24-19-15/h4-8,10H,1,9,11H2,2-3H3,(H,18,19,21). The van der Waals surface area contributed by atoms with E-state index in [4.69, 9.17) is 9.26 Å². The molecule has 0 aliphatic carbocycles. The van der Waals surface area contributed by atoms with Gasteiger partial charge in [-0.2, -0.15) is 0 Å². The molecule has 0 aliphatic heterocycles. The van der Waals surface area contributed by atoms with Gasteiger partial charge in [-0.15, -0.1) is 0 Å². The molecule has 0 aliphatic rings. The molecule has 0 atom stereocenters. The molecule has 1 N–H and O–H groups in total. The zero-order chi connectivity index (χ0) is 17.5. The van der Waals surface area contributed by atoms with Gasteiger partial charge in [0.05, 0.1) is 6.54 Å². The van der Waals surface area contributed by atoms with E-state index >= 15 is 0 Å². The van der Waals surface area contributed by atoms with Gasteiger partial charge < -0.3 is 19.5 Å². The Morgan fingerprint density at radius 1 is 1.38 bits per heavy atom. The first-order valence-electron chi connectivity index (χ1n) is 7.32. The highest BCUT2D eigenvalue weighted by Gasteiger charge is 2.16. The summed E-state index contributed by atoms with van der Waals surface area (Å²) in [4.78, 5) is 25.6. The maximum Gasteiger partial charge on any atom is 0.254 e. The Bertz CT molecular complexity index is 722. The molecule has 0 bridgehead atoms. The van der Waals surface area contributed by atoms with Crippen molar-refractivity contribution < 1.29 is 18.8 Å². The Labute approximate surface area is 139 Å². The fourth-order valence-corrected chi connectivity index (χ4v) is 1.96. The number of anilines is 1. The van der Waals surface area contributed by atoms with Crippen LogP contribution in [0, 0.1) is 6.92 Å². The number of benzene rings is 1. The van der Waals surface area contributed by atoms with E-state index in [1.54, 1.807) is 50.4 Å². The summed E-state index contributed by atoms with van der Waals surface area (Å²) < 4.78 is 10.2. The van der Waals surface area contributed by atoms with E-state index in [2.05, 4.69) is 17.1 Å². The van der Waals surface area contributed by atoms with Gasteiger partial charge in [-0.3, -0.25) is 9.59 Å². The number of nitrogens with one attached hydrogen (secondary N) is 1. The Kier molecular flexibility index (Phi) is 5.73. The third kappa shape index (κ3) is 4.70. The van der Waals surface area contributed by atoms with Gasteiger partial charge in [-0.05, 0) is 31.2 Å². The molecule has 2 aromatic rings. The van der Waals surface area contributed by atoms with Crippen molar-refractivity contribution in [1.82, 2.24) is 10.1 Å². The van der Waals surface area contributed by atoms with Gasteiger partial charge in [0.25, 0.3) is 5.91 Å². The number of hydrogen-bond acceptors (Lipinski definition) is 5. The Morgan fingerprint density at radius 2 is 2.08 bits per heavy atom. The van der Waals surface area contributed by atoms with Crippen molar-refractivity contribution in [2.24, 2.45) is 0 Å². The molecule has 0 fully saturated rings. The minimum Gasteiger partial charge on any atom is -0.490 e. The molecule has 1 aromatic carbocycles. The van der Waals surface area contributed by atoms with Gasteiger partial charge in [0.15, 0.2) is 5.82 Å². The second-order valence-corrected chi connectivity index (χ2v) is 5.16. The number of rotatable bonds is 7. The Hall–Kier alpha value is -3.09. The first-order valence-corrected chi connectivity index (χ1v) is 7.32. The molecule has 0 spiro atoms. The lowest BCUT2D eigenvalue weighted by Crippen LogP contribution is -2.34. The smallest absolute Gasteiger partial charge is 0.254 e. The summed E-state index contributed by atoms with van der Waals surface area (Å²) in [7, 11) is 1.55. The van der Waals surface area contributed by atoms with Crippen LogP contribution in [0.4, 0.5) is 5.82 Å². The third-order valence-corrected chi connectivity index (χ3v) is 3.09. The molecular weight excluding hydrogens is 310 g/mol. The minimum atomic E-state index is -0.356. The summed E-state index contributed by atoms with van der Waals surface area (Å²) in [6.45, 7) is 5.59. The topological polar surface area (TPSA) is 84.7 Å². The van der Waals surface area contributed by atoms with Crippen LogP contribution in [-0.4, -0.2) is 42.1 Å². The summed E-state index contributed by atoms with van der Waals surface area (Å²) in [6.07, 6.45) is 1.64. The molecule has 2 amide bonds. The summed E-state index contributed by atoms with van der Waals surface area (Å²) >= 11 is 0. The van der Waals surface area contributed by atoms with Gasteiger partial charge >= 0.3 is 0 Å². The van der Waals surface area contributed by atoms with Crippen LogP contribution in [-0.2, 0) is 4.79 Å². The zero-order valence-electron chi connectivity index (χ0n) is 13.6. The van der Waals surface area contributed by atoms with Crippen LogP contribution in [0.25, 0.3) is 0 Å². The van der Waals surface area contributed by atoms with Crippen molar-refractivity contribution >= 4 is 17.6 Å². The first-order chi connectivity index (χ1) is 11.5. The summed E-state index contributed by atoms with van der Waals surface area (Å²) in [5.41, 5.74) is 0.466. The average Bonchev–Trinajstić information content (AvgIpc) is 2.97. The van der Waals surface area contributed by atoms with Crippen LogP contribution in [0.5, 0.6) is 5.75 Å². The predicted octanol–water partition coefficient (Wildman–Crippen LogP) is 2.26. The summed E-state index contributed by atoms with van der Waals surface area (Å²) in [5.74, 6) is 0.936. The molecule has 126 valence electrons. The fourth-order valence-electron chi connectivity index (χ4n) is 1.96. The molecule has 24 heavy (non-hydrogen) atoms. The largest absolute Gasteiger partial charge is 0.490 e. The average molecular weight is 329 g/mol. The number of likely N-dealkylation sites (N-methyl/N-ethyl adjacent to an activating group) is 1. The predicted molar refractivity (Wildman–Crippen MR) is 89.0 cm³/mol. The number of carbonyl (C=O) groups excluding carboxylic acids is 2. The number of carbonyl (C=O) groups is 2. The van der Waals surface area contributed by atoms with Gasteiger partial charge in [-0.1, -0.05) is 17.8 Å². The molecule has 0 saturated carbocycles. The van der Waals surface area contributed by atoms with E-state index < -0.39 is 0 Å². The fraction of sp³-hybridized carbons (Fsp3) is 0.235. The van der Waals surface area contributed by atoms with Crippen molar-refractivity contribution in [2.75, 3.05) is 25.5 Å². The number of aromatic nitrogens is 1. The zero-order valence-corrected chi connectivity index (χ0v) is 13.6. The van der Waals surface area contributed by atoms with Crippen molar-refractivity contribution in [3.8, 4) is 5.75 Å². The lowest BCUT2D eigenvalue weighted by molar-refractivity contribution is -0.116. The molecule has 1 heterocycles. The summed E-state index contributed by atoms with van der Waals surface area (Å²) in [6, 6.07) is 8.29. The van der Waals surface area contributed by atoms with Crippen molar-refractivity contribution in [1.29, 1.82) is 0 Å². The molecular formula is C17H19N3O4. The first kappa shape index (κ1) is 17.3. The highest BCUT2D eigenvalue weighted by molar-refractivity contribution is 5.98. The van der Waals surface area contributed by atoms with Crippen LogP contribution >= 0.6 is 0 Å². The van der Waals surface area contributed by atoms with Crippen molar-refractivity contribution in [2.45, 2.75) is 6.92 Å². The number of amides is 2. The monoisotopic (exact) mass is 329 g/mol. The van der Waals surface area contributed by atoms with Crippen LogP contribution in [0.3, 0.4) is 0 Å². The quantitative estimate of drug-likeness (QED) is 0.788. The molecule has 0 unspecified atom stereocenters. The van der Waals surface area contributed by atoms with Gasteiger partial charge in [0, 0.05) is 18.7 Å². The normalized spacial score (nSPS) is 10.1. The van der Waals surface area contributed by atoms with E-state index in [9.17, 15) is 9.59 Å². The molecule has 0 saturated heterocycles. The van der Waals surface area contributed by atoms with E-state index in [0.717, 1.165) is 0 Å². The van der Waals surface area contributed by atoms with Crippen molar-refractivity contribution in [3.63, 3.8) is 0 Å². The number of aryl methyl sites for hydroxylation is 1. The van der Waals surface area contributed by atoms with Gasteiger partial charge in [0.2, 0.25) is 5.91 Å². The third-order valence-electron chi connectivity index (χ3n) is 3.09. The molecule has 0 radical (unpaired) electrons. The number of ether oxygens (including phenoxy) is 1. The highest BCUT2D eigenvalue weighted by atomic mass is 16.5. The second kappa shape index (κ2) is 7.96.